The molecule has 0 aliphatic heterocycles. The lowest BCUT2D eigenvalue weighted by molar-refractivity contribution is 0.609. The molecule has 2 rings (SSSR count). The first-order valence-electron chi connectivity index (χ1n) is 4.76. The normalized spacial score (nSPS) is 11.8. The summed E-state index contributed by atoms with van der Waals surface area (Å²) >= 11 is 11.8. The van der Waals surface area contributed by atoms with Gasteiger partial charge in [0.25, 0.3) is 9.05 Å². The van der Waals surface area contributed by atoms with Crippen LogP contribution in [0.5, 0.6) is 0 Å². The molecule has 0 spiro atoms. The molecule has 1 aromatic heterocycles. The molecule has 8 heteroatoms. The standard InChI is InChI=1S/C10H7Cl3N2O2S/c1-6-9(18(13,16)17)10(12)15(14-6)8-4-2-7(11)3-5-8/h2-5H,1H3. The van der Waals surface area contributed by atoms with Gasteiger partial charge in [0, 0.05) is 15.7 Å². The highest BCUT2D eigenvalue weighted by Gasteiger charge is 2.24. The Bertz CT molecular complexity index is 693. The van der Waals surface area contributed by atoms with E-state index in [2.05, 4.69) is 5.10 Å². The molecular weight excluding hydrogens is 319 g/mol. The van der Waals surface area contributed by atoms with E-state index in [1.165, 1.54) is 11.6 Å². The van der Waals surface area contributed by atoms with E-state index in [0.29, 0.717) is 10.7 Å². The van der Waals surface area contributed by atoms with Crippen LogP contribution < -0.4 is 0 Å². The summed E-state index contributed by atoms with van der Waals surface area (Å²) in [4.78, 5) is -0.180. The minimum absolute atomic E-state index is 0.0511. The number of nitrogens with zero attached hydrogens (tertiary/aromatic N) is 2. The number of aryl methyl sites for hydroxylation is 1. The number of hydrogen-bond donors (Lipinski definition) is 0. The van der Waals surface area contributed by atoms with Crippen LogP contribution in [0.4, 0.5) is 0 Å². The fraction of sp³-hybridized carbons (Fsp3) is 0.100. The third kappa shape index (κ3) is 2.49. The first-order valence-corrected chi connectivity index (χ1v) is 7.83. The molecule has 0 saturated carbocycles. The summed E-state index contributed by atoms with van der Waals surface area (Å²) in [5.74, 6) is 0. The van der Waals surface area contributed by atoms with E-state index in [0.717, 1.165) is 0 Å². The maximum atomic E-state index is 11.4. The first kappa shape index (κ1) is 13.7. The molecule has 96 valence electrons. The smallest absolute Gasteiger partial charge is 0.221 e. The zero-order valence-corrected chi connectivity index (χ0v) is 12.1. The van der Waals surface area contributed by atoms with E-state index in [1.807, 2.05) is 0 Å². The second-order valence-corrected chi connectivity index (χ2v) is 6.83. The molecule has 0 bridgehead atoms. The van der Waals surface area contributed by atoms with Gasteiger partial charge in [-0.05, 0) is 31.2 Å². The lowest BCUT2D eigenvalue weighted by atomic mass is 10.3. The van der Waals surface area contributed by atoms with Gasteiger partial charge < -0.3 is 0 Å². The highest BCUT2D eigenvalue weighted by Crippen LogP contribution is 2.30. The highest BCUT2D eigenvalue weighted by molar-refractivity contribution is 8.13. The van der Waals surface area contributed by atoms with Crippen LogP contribution in [0.1, 0.15) is 5.69 Å². The fourth-order valence-corrected chi connectivity index (χ4v) is 3.57. The van der Waals surface area contributed by atoms with Gasteiger partial charge in [0.15, 0.2) is 5.15 Å². The molecule has 0 N–H and O–H groups in total. The van der Waals surface area contributed by atoms with E-state index < -0.39 is 9.05 Å². The molecule has 0 atom stereocenters. The molecule has 1 aromatic carbocycles. The van der Waals surface area contributed by atoms with Crippen molar-refractivity contribution in [1.82, 2.24) is 9.78 Å². The maximum Gasteiger partial charge on any atom is 0.266 e. The van der Waals surface area contributed by atoms with Crippen LogP contribution in [0.15, 0.2) is 29.2 Å². The Morgan fingerprint density at radius 1 is 1.17 bits per heavy atom. The Hall–Kier alpha value is -0.750. The van der Waals surface area contributed by atoms with Crippen molar-refractivity contribution in [3.8, 4) is 5.69 Å². The highest BCUT2D eigenvalue weighted by atomic mass is 35.7. The van der Waals surface area contributed by atoms with E-state index in [1.54, 1.807) is 24.3 Å². The van der Waals surface area contributed by atoms with Crippen molar-refractivity contribution < 1.29 is 8.42 Å². The summed E-state index contributed by atoms with van der Waals surface area (Å²) in [5.41, 5.74) is 0.837. The molecule has 0 saturated heterocycles. The molecule has 0 aliphatic carbocycles. The van der Waals surface area contributed by atoms with Crippen molar-refractivity contribution in [2.75, 3.05) is 0 Å². The second kappa shape index (κ2) is 4.74. The van der Waals surface area contributed by atoms with Gasteiger partial charge in [-0.1, -0.05) is 23.2 Å². The molecule has 0 radical (unpaired) electrons. The van der Waals surface area contributed by atoms with Gasteiger partial charge in [-0.15, -0.1) is 0 Å². The monoisotopic (exact) mass is 324 g/mol. The topological polar surface area (TPSA) is 52.0 Å². The number of benzene rings is 1. The Labute approximate surface area is 118 Å². The molecular formula is C10H7Cl3N2O2S. The Morgan fingerprint density at radius 2 is 1.72 bits per heavy atom. The third-order valence-electron chi connectivity index (χ3n) is 2.27. The van der Waals surface area contributed by atoms with Crippen LogP contribution in [-0.2, 0) is 9.05 Å². The van der Waals surface area contributed by atoms with Crippen LogP contribution in [-0.4, -0.2) is 18.2 Å². The van der Waals surface area contributed by atoms with Crippen LogP contribution in [0.25, 0.3) is 5.69 Å². The number of hydrogen-bond acceptors (Lipinski definition) is 3. The van der Waals surface area contributed by atoms with Gasteiger partial charge in [0.05, 0.1) is 11.4 Å². The fourth-order valence-electron chi connectivity index (χ4n) is 1.52. The van der Waals surface area contributed by atoms with Crippen molar-refractivity contribution in [3.05, 3.63) is 40.1 Å². The zero-order chi connectivity index (χ0) is 13.5. The van der Waals surface area contributed by atoms with Gasteiger partial charge >= 0.3 is 0 Å². The van der Waals surface area contributed by atoms with E-state index in [4.69, 9.17) is 33.9 Å². The Balaban J connectivity index is 2.65. The van der Waals surface area contributed by atoms with Crippen molar-refractivity contribution >= 4 is 42.9 Å². The molecule has 1 heterocycles. The lowest BCUT2D eigenvalue weighted by Gasteiger charge is -2.02. The average molecular weight is 326 g/mol. The predicted octanol–water partition coefficient (Wildman–Crippen LogP) is 3.42. The van der Waals surface area contributed by atoms with Crippen LogP contribution >= 0.6 is 33.9 Å². The second-order valence-electron chi connectivity index (χ2n) is 3.53. The van der Waals surface area contributed by atoms with Crippen LogP contribution in [0, 0.1) is 6.92 Å². The maximum absolute atomic E-state index is 11.4. The van der Waals surface area contributed by atoms with Crippen molar-refractivity contribution in [3.63, 3.8) is 0 Å². The number of halogens is 3. The van der Waals surface area contributed by atoms with E-state index >= 15 is 0 Å². The molecule has 18 heavy (non-hydrogen) atoms. The summed E-state index contributed by atoms with van der Waals surface area (Å²) in [5, 5.41) is 4.56. The first-order chi connectivity index (χ1) is 8.30. The summed E-state index contributed by atoms with van der Waals surface area (Å²) < 4.78 is 24.1. The van der Waals surface area contributed by atoms with Gasteiger partial charge in [0.2, 0.25) is 0 Å². The molecule has 0 aliphatic rings. The predicted molar refractivity (Wildman–Crippen MR) is 71.4 cm³/mol. The van der Waals surface area contributed by atoms with Crippen LogP contribution in [0.3, 0.4) is 0 Å². The minimum Gasteiger partial charge on any atom is -0.221 e. The minimum atomic E-state index is -3.93. The number of rotatable bonds is 2. The van der Waals surface area contributed by atoms with E-state index in [-0.39, 0.29) is 15.7 Å². The van der Waals surface area contributed by atoms with Gasteiger partial charge in [0.1, 0.15) is 4.90 Å². The Morgan fingerprint density at radius 3 is 2.17 bits per heavy atom. The quantitative estimate of drug-likeness (QED) is 0.795. The largest absolute Gasteiger partial charge is 0.266 e. The van der Waals surface area contributed by atoms with Crippen molar-refractivity contribution in [1.29, 1.82) is 0 Å². The van der Waals surface area contributed by atoms with Crippen molar-refractivity contribution in [2.24, 2.45) is 0 Å². The van der Waals surface area contributed by atoms with Crippen LogP contribution in [0.2, 0.25) is 10.2 Å². The van der Waals surface area contributed by atoms with Gasteiger partial charge in [-0.3, -0.25) is 0 Å². The summed E-state index contributed by atoms with van der Waals surface area (Å²) in [7, 11) is 1.38. The zero-order valence-electron chi connectivity index (χ0n) is 9.06. The van der Waals surface area contributed by atoms with Gasteiger partial charge in [-0.2, -0.15) is 5.10 Å². The summed E-state index contributed by atoms with van der Waals surface area (Å²) in [6.45, 7) is 1.52. The summed E-state index contributed by atoms with van der Waals surface area (Å²) in [6, 6.07) is 6.65. The average Bonchev–Trinajstić information content (AvgIpc) is 2.54. The molecule has 0 fully saturated rings. The Kier molecular flexibility index (Phi) is 3.60. The lowest BCUT2D eigenvalue weighted by Crippen LogP contribution is -1.97. The number of aromatic nitrogens is 2. The molecule has 4 nitrogen and oxygen atoms in total. The molecule has 0 amide bonds. The van der Waals surface area contributed by atoms with E-state index in [9.17, 15) is 8.42 Å². The SMILES string of the molecule is Cc1nn(-c2ccc(Cl)cc2)c(Cl)c1S(=O)(=O)Cl. The van der Waals surface area contributed by atoms with Crippen molar-refractivity contribution in [2.45, 2.75) is 11.8 Å². The van der Waals surface area contributed by atoms with Gasteiger partial charge in [-0.25, -0.2) is 13.1 Å². The summed E-state index contributed by atoms with van der Waals surface area (Å²) in [6.07, 6.45) is 0. The third-order valence-corrected chi connectivity index (χ3v) is 4.42. The molecule has 2 aromatic rings. The molecule has 0 unspecified atom stereocenters.